The zero-order chi connectivity index (χ0) is 22.5. The summed E-state index contributed by atoms with van der Waals surface area (Å²) in [5.74, 6) is 0.663. The molecule has 3 heterocycles. The largest absolute Gasteiger partial charge is 0.497 e. The zero-order valence-electron chi connectivity index (χ0n) is 18.2. The normalized spacial score (nSPS) is 14.3. The van der Waals surface area contributed by atoms with Crippen molar-refractivity contribution >= 4 is 32.6 Å². The first-order valence-corrected chi connectivity index (χ1v) is 11.0. The molecule has 10 nitrogen and oxygen atoms in total. The Morgan fingerprint density at radius 3 is 2.62 bits per heavy atom. The van der Waals surface area contributed by atoms with Gasteiger partial charge in [0.1, 0.15) is 11.4 Å². The fraction of sp³-hybridized carbons (Fsp3) is 0.429. The lowest BCUT2D eigenvalue weighted by atomic mass is 10.3. The van der Waals surface area contributed by atoms with Crippen molar-refractivity contribution < 1.29 is 23.7 Å². The number of hydrogen-bond acceptors (Lipinski definition) is 10. The zero-order valence-corrected chi connectivity index (χ0v) is 19.1. The first-order chi connectivity index (χ1) is 15.6. The first kappa shape index (κ1) is 22.2. The van der Waals surface area contributed by atoms with Crippen LogP contribution in [0.4, 0.5) is 5.13 Å². The van der Waals surface area contributed by atoms with Gasteiger partial charge in [-0.1, -0.05) is 11.3 Å². The second kappa shape index (κ2) is 10.1. The average molecular weight is 460 g/mol. The summed E-state index contributed by atoms with van der Waals surface area (Å²) >= 11 is 1.44. The molecule has 1 saturated heterocycles. The summed E-state index contributed by atoms with van der Waals surface area (Å²) in [7, 11) is 4.54. The predicted molar refractivity (Wildman–Crippen MR) is 120 cm³/mol. The van der Waals surface area contributed by atoms with E-state index in [1.165, 1.54) is 31.6 Å². The molecule has 0 unspecified atom stereocenters. The van der Waals surface area contributed by atoms with Crippen LogP contribution in [0.25, 0.3) is 10.2 Å². The van der Waals surface area contributed by atoms with E-state index in [-0.39, 0.29) is 23.5 Å². The molecule has 1 amide bonds. The maximum atomic E-state index is 13.6. The topological polar surface area (TPSA) is 99.1 Å². The number of thiazole rings is 1. The highest BCUT2D eigenvalue weighted by Crippen LogP contribution is 2.32. The molecule has 170 valence electrons. The van der Waals surface area contributed by atoms with E-state index in [1.54, 1.807) is 12.0 Å². The molecule has 0 atom stereocenters. The third-order valence-corrected chi connectivity index (χ3v) is 6.16. The van der Waals surface area contributed by atoms with Crippen LogP contribution in [0.3, 0.4) is 0 Å². The van der Waals surface area contributed by atoms with E-state index in [0.717, 1.165) is 23.3 Å². The highest BCUT2D eigenvalue weighted by atomic mass is 32.1. The maximum Gasteiger partial charge on any atom is 0.320 e. The molecule has 3 aromatic rings. The van der Waals surface area contributed by atoms with E-state index in [1.807, 2.05) is 18.2 Å². The number of benzene rings is 1. The lowest BCUT2D eigenvalue weighted by molar-refractivity contribution is 0.0391. The van der Waals surface area contributed by atoms with Crippen LogP contribution in [0, 0.1) is 0 Å². The van der Waals surface area contributed by atoms with E-state index in [4.69, 9.17) is 23.9 Å². The predicted octanol–water partition coefficient (Wildman–Crippen LogP) is 2.09. The van der Waals surface area contributed by atoms with Crippen molar-refractivity contribution in [2.45, 2.75) is 0 Å². The van der Waals surface area contributed by atoms with Crippen molar-refractivity contribution in [3.8, 4) is 17.6 Å². The molecule has 0 spiro atoms. The average Bonchev–Trinajstić information content (AvgIpc) is 3.27. The molecule has 0 aliphatic carbocycles. The number of fused-ring (bicyclic) bond motifs is 1. The monoisotopic (exact) mass is 459 g/mol. The molecule has 0 radical (unpaired) electrons. The van der Waals surface area contributed by atoms with Gasteiger partial charge in [0.2, 0.25) is 5.88 Å². The lowest BCUT2D eigenvalue weighted by Crippen LogP contribution is -2.43. The first-order valence-electron chi connectivity index (χ1n) is 10.1. The Hall–Kier alpha value is -3.02. The molecule has 1 aliphatic heterocycles. The number of carbonyl (C=O) groups excluding carboxylic acids is 1. The van der Waals surface area contributed by atoms with E-state index in [2.05, 4.69) is 14.9 Å². The third-order valence-electron chi connectivity index (χ3n) is 5.10. The molecular weight excluding hydrogens is 434 g/mol. The Bertz CT molecular complexity index is 1060. The Balaban J connectivity index is 1.67. The summed E-state index contributed by atoms with van der Waals surface area (Å²) in [5, 5.41) is 0.586. The van der Waals surface area contributed by atoms with Crippen molar-refractivity contribution in [1.29, 1.82) is 0 Å². The smallest absolute Gasteiger partial charge is 0.320 e. The molecule has 0 bridgehead atoms. The molecule has 0 saturated carbocycles. The van der Waals surface area contributed by atoms with Crippen LogP contribution in [0.15, 0.2) is 24.3 Å². The van der Waals surface area contributed by atoms with Crippen LogP contribution in [0.5, 0.6) is 17.6 Å². The van der Waals surface area contributed by atoms with Crippen LogP contribution in [-0.4, -0.2) is 86.5 Å². The Morgan fingerprint density at radius 1 is 1.09 bits per heavy atom. The van der Waals surface area contributed by atoms with Crippen molar-refractivity contribution in [2.24, 2.45) is 0 Å². The number of methoxy groups -OCH3 is 3. The molecule has 11 heteroatoms. The van der Waals surface area contributed by atoms with Gasteiger partial charge in [0, 0.05) is 38.3 Å². The van der Waals surface area contributed by atoms with E-state index >= 15 is 0 Å². The standard InChI is InChI=1S/C21H25N5O5S/c1-28-14-4-5-17-15(12-14)23-21(32-17)26(7-6-25-8-10-31-11-9-25)19(27)16-13-18(29-2)24-20(22-16)30-3/h4-5,12-13H,6-11H2,1-3H3. The highest BCUT2D eigenvalue weighted by Gasteiger charge is 2.25. The minimum atomic E-state index is -0.303. The van der Waals surface area contributed by atoms with Crippen LogP contribution in [0.1, 0.15) is 10.5 Å². The van der Waals surface area contributed by atoms with E-state index in [9.17, 15) is 4.79 Å². The maximum absolute atomic E-state index is 13.6. The number of hydrogen-bond donors (Lipinski definition) is 0. The minimum absolute atomic E-state index is 0.0647. The number of aromatic nitrogens is 3. The number of morpholine rings is 1. The quantitative estimate of drug-likeness (QED) is 0.501. The van der Waals surface area contributed by atoms with Crippen LogP contribution >= 0.6 is 11.3 Å². The lowest BCUT2D eigenvalue weighted by Gasteiger charge is -2.29. The number of anilines is 1. The highest BCUT2D eigenvalue weighted by molar-refractivity contribution is 7.22. The van der Waals surface area contributed by atoms with E-state index < -0.39 is 0 Å². The molecule has 1 aliphatic rings. The van der Waals surface area contributed by atoms with Crippen molar-refractivity contribution in [1.82, 2.24) is 19.9 Å². The van der Waals surface area contributed by atoms with Crippen LogP contribution in [0.2, 0.25) is 0 Å². The van der Waals surface area contributed by atoms with E-state index in [0.29, 0.717) is 37.2 Å². The fourth-order valence-corrected chi connectivity index (χ4v) is 4.31. The van der Waals surface area contributed by atoms with Gasteiger partial charge >= 0.3 is 6.01 Å². The van der Waals surface area contributed by atoms with Crippen LogP contribution < -0.4 is 19.1 Å². The summed E-state index contributed by atoms with van der Waals surface area (Å²) in [6.07, 6.45) is 0. The van der Waals surface area contributed by atoms with Crippen molar-refractivity contribution in [3.63, 3.8) is 0 Å². The van der Waals surface area contributed by atoms with Crippen molar-refractivity contribution in [3.05, 3.63) is 30.0 Å². The number of carbonyl (C=O) groups is 1. The Labute approximate surface area is 189 Å². The Morgan fingerprint density at radius 2 is 1.91 bits per heavy atom. The molecule has 1 fully saturated rings. The van der Waals surface area contributed by atoms with Gasteiger partial charge in [-0.05, 0) is 12.1 Å². The van der Waals surface area contributed by atoms with Gasteiger partial charge in [0.25, 0.3) is 5.91 Å². The molecule has 0 N–H and O–H groups in total. The molecule has 4 rings (SSSR count). The summed E-state index contributed by atoms with van der Waals surface area (Å²) in [6, 6.07) is 7.25. The second-order valence-electron chi connectivity index (χ2n) is 7.02. The minimum Gasteiger partial charge on any atom is -0.497 e. The Kier molecular flexibility index (Phi) is 6.98. The molecule has 32 heavy (non-hydrogen) atoms. The van der Waals surface area contributed by atoms with Gasteiger partial charge in [-0.25, -0.2) is 4.98 Å². The second-order valence-corrected chi connectivity index (χ2v) is 8.03. The molecule has 1 aromatic carbocycles. The fourth-order valence-electron chi connectivity index (χ4n) is 3.34. The number of amides is 1. The number of nitrogens with zero attached hydrogens (tertiary/aromatic N) is 5. The number of ether oxygens (including phenoxy) is 4. The van der Waals surface area contributed by atoms with Crippen molar-refractivity contribution in [2.75, 3.05) is 65.6 Å². The summed E-state index contributed by atoms with van der Waals surface area (Å²) in [4.78, 5) is 30.5. The van der Waals surface area contributed by atoms with Gasteiger partial charge in [0.15, 0.2) is 5.13 Å². The van der Waals surface area contributed by atoms with Gasteiger partial charge in [-0.3, -0.25) is 14.6 Å². The third kappa shape index (κ3) is 4.90. The SMILES string of the molecule is COc1ccc2sc(N(CCN3CCOCC3)C(=O)c3cc(OC)nc(OC)n3)nc2c1. The number of rotatable bonds is 8. The van der Waals surface area contributed by atoms with Gasteiger partial charge < -0.3 is 18.9 Å². The summed E-state index contributed by atoms with van der Waals surface area (Å²) in [6.45, 7) is 4.17. The van der Waals surface area contributed by atoms with Crippen LogP contribution in [-0.2, 0) is 4.74 Å². The summed E-state index contributed by atoms with van der Waals surface area (Å²) in [5.41, 5.74) is 0.943. The summed E-state index contributed by atoms with van der Waals surface area (Å²) < 4.78 is 22.1. The van der Waals surface area contributed by atoms with Gasteiger partial charge in [-0.15, -0.1) is 0 Å². The molecular formula is C21H25N5O5S. The van der Waals surface area contributed by atoms with Gasteiger partial charge in [-0.2, -0.15) is 9.97 Å². The van der Waals surface area contributed by atoms with Gasteiger partial charge in [0.05, 0.1) is 44.8 Å². The molecule has 2 aromatic heterocycles.